The van der Waals surface area contributed by atoms with Gasteiger partial charge < -0.3 is 0 Å². The molecule has 0 aliphatic heterocycles. The van der Waals surface area contributed by atoms with E-state index in [1.54, 1.807) is 12.1 Å². The summed E-state index contributed by atoms with van der Waals surface area (Å²) in [5.74, 6) is 0. The van der Waals surface area contributed by atoms with E-state index in [9.17, 15) is 0 Å². The fourth-order valence-electron chi connectivity index (χ4n) is 4.31. The smallest absolute Gasteiger partial charge is 0.195 e. The molecule has 0 aliphatic rings. The Morgan fingerprint density at radius 1 is 0.513 bits per heavy atom. The van der Waals surface area contributed by atoms with Crippen LogP contribution >= 0.6 is 24.1 Å². The van der Waals surface area contributed by atoms with E-state index in [0.29, 0.717) is 22.7 Å². The Bertz CT molecular complexity index is 1650. The van der Waals surface area contributed by atoms with Gasteiger partial charge in [-0.15, -0.1) is 0 Å². The average Bonchev–Trinajstić information content (AvgIpc) is 2.95. The molecule has 5 nitrogen and oxygen atoms in total. The van der Waals surface area contributed by atoms with Gasteiger partial charge in [-0.25, -0.2) is 23.0 Å². The van der Waals surface area contributed by atoms with Gasteiger partial charge in [0, 0.05) is 33.9 Å². The molecular weight excluding hydrogens is 521 g/mol. The van der Waals surface area contributed by atoms with Crippen molar-refractivity contribution >= 4 is 46.8 Å². The topological polar surface area (TPSA) is 26.7 Å². The summed E-state index contributed by atoms with van der Waals surface area (Å²) in [6.45, 7) is 38.0. The monoisotopic (exact) mass is 542 g/mol. The van der Waals surface area contributed by atoms with Crippen molar-refractivity contribution in [3.63, 3.8) is 0 Å². The number of aryl methyl sites for hydroxylation is 2. The fourth-order valence-corrected chi connectivity index (χ4v) is 5.74. The van der Waals surface area contributed by atoms with Crippen LogP contribution in [0.2, 0.25) is 0 Å². The van der Waals surface area contributed by atoms with Crippen molar-refractivity contribution < 1.29 is 3.63 Å². The lowest BCUT2D eigenvalue weighted by molar-refractivity contribution is 0.755. The van der Waals surface area contributed by atoms with Crippen LogP contribution in [0.25, 0.3) is 41.6 Å². The second-order valence-corrected chi connectivity index (χ2v) is 10.6. The van der Waals surface area contributed by atoms with Crippen molar-refractivity contribution in [3.05, 3.63) is 129 Å². The van der Waals surface area contributed by atoms with Crippen molar-refractivity contribution in [1.82, 2.24) is 0 Å². The van der Waals surface area contributed by atoms with Gasteiger partial charge in [0.15, 0.2) is 22.7 Å². The van der Waals surface area contributed by atoms with E-state index in [1.807, 2.05) is 76.2 Å². The zero-order valence-corrected chi connectivity index (χ0v) is 23.4. The molecular formula is C32H22N4OS2. The normalized spacial score (nSPS) is 10.3. The highest BCUT2D eigenvalue weighted by molar-refractivity contribution is 8.08. The highest BCUT2D eigenvalue weighted by atomic mass is 32.2. The standard InChI is InChI=1S/C32H22N4OS2/c1-19-9-11-23(17-27(19)35-7)31-21(3)29(15-13-25(31)33-5)38-37-39-30-16-14-26(34-6)32(22(30)4)24-12-10-20(2)28(18-24)36-8/h9-18H,1-4H3. The molecule has 0 atom stereocenters. The maximum absolute atomic E-state index is 7.66. The summed E-state index contributed by atoms with van der Waals surface area (Å²) >= 11 is 2.42. The first-order valence-electron chi connectivity index (χ1n) is 11.8. The van der Waals surface area contributed by atoms with Crippen molar-refractivity contribution in [1.29, 1.82) is 0 Å². The first kappa shape index (κ1) is 27.5. The molecule has 39 heavy (non-hydrogen) atoms. The molecule has 188 valence electrons. The Morgan fingerprint density at radius 2 is 0.897 bits per heavy atom. The van der Waals surface area contributed by atoms with Gasteiger partial charge in [0.1, 0.15) is 0 Å². The van der Waals surface area contributed by atoms with Gasteiger partial charge in [-0.3, -0.25) is 0 Å². The zero-order chi connectivity index (χ0) is 28.1. The lowest BCUT2D eigenvalue weighted by atomic mass is 9.97. The third-order valence-electron chi connectivity index (χ3n) is 6.51. The van der Waals surface area contributed by atoms with Gasteiger partial charge in [0.2, 0.25) is 0 Å². The molecule has 4 aromatic rings. The van der Waals surface area contributed by atoms with Crippen molar-refractivity contribution in [2.45, 2.75) is 37.5 Å². The van der Waals surface area contributed by atoms with E-state index in [2.05, 4.69) is 19.4 Å². The molecule has 0 saturated heterocycles. The summed E-state index contributed by atoms with van der Waals surface area (Å²) in [5, 5.41) is 0. The average molecular weight is 543 g/mol. The molecule has 0 radical (unpaired) electrons. The summed E-state index contributed by atoms with van der Waals surface area (Å²) in [5.41, 5.74) is 9.04. The molecule has 0 heterocycles. The Hall–Kier alpha value is -4.50. The number of hydrogen-bond donors (Lipinski definition) is 0. The second-order valence-electron chi connectivity index (χ2n) is 8.85. The van der Waals surface area contributed by atoms with Crippen molar-refractivity contribution in [2.75, 3.05) is 0 Å². The number of benzene rings is 4. The van der Waals surface area contributed by atoms with Crippen LogP contribution in [-0.2, 0) is 3.63 Å². The lowest BCUT2D eigenvalue weighted by Gasteiger charge is -2.15. The van der Waals surface area contributed by atoms with Crippen LogP contribution in [0.15, 0.2) is 70.5 Å². The largest absolute Gasteiger partial charge is 0.238 e. The van der Waals surface area contributed by atoms with E-state index in [0.717, 1.165) is 54.3 Å². The van der Waals surface area contributed by atoms with Crippen molar-refractivity contribution in [2.24, 2.45) is 0 Å². The van der Waals surface area contributed by atoms with Crippen LogP contribution in [0.1, 0.15) is 22.3 Å². The van der Waals surface area contributed by atoms with E-state index < -0.39 is 0 Å². The predicted octanol–water partition coefficient (Wildman–Crippen LogP) is 11.2. The third-order valence-corrected chi connectivity index (χ3v) is 8.30. The summed E-state index contributed by atoms with van der Waals surface area (Å²) in [4.78, 5) is 16.4. The highest BCUT2D eigenvalue weighted by Crippen LogP contribution is 2.44. The fraction of sp³-hybridized carbons (Fsp3) is 0.125. The van der Waals surface area contributed by atoms with Crippen LogP contribution in [-0.4, -0.2) is 0 Å². The van der Waals surface area contributed by atoms with Gasteiger partial charge in [-0.1, -0.05) is 48.5 Å². The molecule has 4 rings (SSSR count). The summed E-state index contributed by atoms with van der Waals surface area (Å²) < 4.78 is 6.01. The molecule has 0 aliphatic carbocycles. The SMILES string of the molecule is [C-]#[N+]c1cc(-c2c([N+]#[C-])ccc(SOSc3ccc([N+]#[C-])c(-c4ccc(C)c([N+]#[C-])c4)c3C)c2C)ccc1C. The Balaban J connectivity index is 1.64. The molecule has 0 fully saturated rings. The van der Waals surface area contributed by atoms with E-state index >= 15 is 0 Å². The van der Waals surface area contributed by atoms with E-state index in [4.69, 9.17) is 29.9 Å². The highest BCUT2D eigenvalue weighted by Gasteiger charge is 2.17. The summed E-state index contributed by atoms with van der Waals surface area (Å²) in [6.07, 6.45) is 0. The minimum absolute atomic E-state index is 0.524. The first-order chi connectivity index (χ1) is 18.8. The second kappa shape index (κ2) is 11.9. The maximum Gasteiger partial charge on any atom is 0.195 e. The van der Waals surface area contributed by atoms with Crippen LogP contribution in [0.4, 0.5) is 22.7 Å². The van der Waals surface area contributed by atoms with Crippen LogP contribution in [0.3, 0.4) is 0 Å². The molecule has 0 spiro atoms. The van der Waals surface area contributed by atoms with Crippen LogP contribution < -0.4 is 0 Å². The predicted molar refractivity (Wildman–Crippen MR) is 161 cm³/mol. The molecule has 0 aromatic heterocycles. The van der Waals surface area contributed by atoms with E-state index in [1.165, 1.54) is 24.1 Å². The molecule has 0 saturated carbocycles. The molecule has 4 aromatic carbocycles. The molecule has 7 heteroatoms. The Kier molecular flexibility index (Phi) is 8.41. The quantitative estimate of drug-likeness (QED) is 0.179. The Labute approximate surface area is 238 Å². The summed E-state index contributed by atoms with van der Waals surface area (Å²) in [6, 6.07) is 18.7. The first-order valence-corrected chi connectivity index (χ1v) is 13.3. The number of nitrogens with zero attached hydrogens (tertiary/aromatic N) is 4. The van der Waals surface area contributed by atoms with Gasteiger partial charge in [0.25, 0.3) is 0 Å². The van der Waals surface area contributed by atoms with E-state index in [-0.39, 0.29) is 0 Å². The van der Waals surface area contributed by atoms with Crippen LogP contribution in [0.5, 0.6) is 0 Å². The minimum atomic E-state index is 0.524. The molecule has 0 N–H and O–H groups in total. The lowest BCUT2D eigenvalue weighted by Crippen LogP contribution is -1.90. The molecule has 0 bridgehead atoms. The van der Waals surface area contributed by atoms with Gasteiger partial charge in [0.05, 0.1) is 26.3 Å². The summed E-state index contributed by atoms with van der Waals surface area (Å²) in [7, 11) is 0. The third kappa shape index (κ3) is 5.53. The number of rotatable bonds is 6. The molecule has 0 amide bonds. The molecule has 0 unspecified atom stereocenters. The minimum Gasteiger partial charge on any atom is -0.238 e. The zero-order valence-electron chi connectivity index (χ0n) is 21.8. The van der Waals surface area contributed by atoms with Gasteiger partial charge >= 0.3 is 0 Å². The Morgan fingerprint density at radius 3 is 1.26 bits per heavy atom. The number of hydrogen-bond acceptors (Lipinski definition) is 3. The van der Waals surface area contributed by atoms with Crippen LogP contribution in [0, 0.1) is 54.0 Å². The van der Waals surface area contributed by atoms with Crippen molar-refractivity contribution in [3.8, 4) is 22.3 Å². The van der Waals surface area contributed by atoms with Gasteiger partial charge in [-0.2, -0.15) is 0 Å². The maximum atomic E-state index is 7.66. The van der Waals surface area contributed by atoms with Gasteiger partial charge in [-0.05, 0) is 84.3 Å².